The lowest BCUT2D eigenvalue weighted by atomic mass is 10.1. The van der Waals surface area contributed by atoms with E-state index in [1.165, 1.54) is 0 Å². The lowest BCUT2D eigenvalue weighted by Gasteiger charge is -2.10. The first-order valence-electron chi connectivity index (χ1n) is 5.15. The highest BCUT2D eigenvalue weighted by Crippen LogP contribution is 2.24. The summed E-state index contributed by atoms with van der Waals surface area (Å²) in [7, 11) is 0. The molecule has 3 nitrogen and oxygen atoms in total. The summed E-state index contributed by atoms with van der Waals surface area (Å²) in [6.07, 6.45) is 1.50. The van der Waals surface area contributed by atoms with E-state index in [-0.39, 0.29) is 18.0 Å². The summed E-state index contributed by atoms with van der Waals surface area (Å²) in [6.45, 7) is 2.51. The number of ketones is 1. The van der Waals surface area contributed by atoms with Crippen LogP contribution in [0.3, 0.4) is 0 Å². The highest BCUT2D eigenvalue weighted by atomic mass is 32.1. The van der Waals surface area contributed by atoms with Gasteiger partial charge >= 0.3 is 0 Å². The summed E-state index contributed by atoms with van der Waals surface area (Å²) in [4.78, 5) is 13.1. The van der Waals surface area contributed by atoms with E-state index in [0.717, 1.165) is 23.3 Å². The molecule has 2 N–H and O–H groups in total. The van der Waals surface area contributed by atoms with Crippen molar-refractivity contribution in [2.75, 3.05) is 6.54 Å². The standard InChI is InChI=1S/C11H15NO2S/c1-7-4-8(6-15-7)11(13)10-3-2-9(5-12)14-10/h4,6,9-10H,2-3,5,12H2,1H3. The van der Waals surface area contributed by atoms with E-state index in [9.17, 15) is 4.79 Å². The lowest BCUT2D eigenvalue weighted by Crippen LogP contribution is -2.24. The van der Waals surface area contributed by atoms with Crippen LogP contribution in [0.2, 0.25) is 0 Å². The Morgan fingerprint density at radius 2 is 2.47 bits per heavy atom. The Bertz CT molecular complexity index is 361. The van der Waals surface area contributed by atoms with Gasteiger partial charge in [-0.1, -0.05) is 0 Å². The topological polar surface area (TPSA) is 52.3 Å². The zero-order valence-electron chi connectivity index (χ0n) is 8.73. The molecule has 0 spiro atoms. The van der Waals surface area contributed by atoms with Crippen LogP contribution in [0.4, 0.5) is 0 Å². The summed E-state index contributed by atoms with van der Waals surface area (Å²) in [5, 5.41) is 1.90. The normalized spacial score (nSPS) is 25.7. The maximum atomic E-state index is 12.0. The number of hydrogen-bond donors (Lipinski definition) is 1. The Labute approximate surface area is 93.2 Å². The van der Waals surface area contributed by atoms with E-state index in [0.29, 0.717) is 6.54 Å². The first kappa shape index (κ1) is 10.8. The van der Waals surface area contributed by atoms with Gasteiger partial charge in [-0.2, -0.15) is 0 Å². The summed E-state index contributed by atoms with van der Waals surface area (Å²) in [6, 6.07) is 1.92. The molecule has 1 fully saturated rings. The zero-order valence-corrected chi connectivity index (χ0v) is 9.55. The molecule has 15 heavy (non-hydrogen) atoms. The average molecular weight is 225 g/mol. The second kappa shape index (κ2) is 4.43. The molecule has 2 atom stereocenters. The molecule has 2 heterocycles. The van der Waals surface area contributed by atoms with E-state index in [4.69, 9.17) is 10.5 Å². The zero-order chi connectivity index (χ0) is 10.8. The third-order valence-electron chi connectivity index (χ3n) is 2.68. The molecule has 2 unspecified atom stereocenters. The van der Waals surface area contributed by atoms with Gasteiger partial charge in [0.25, 0.3) is 0 Å². The van der Waals surface area contributed by atoms with Gasteiger partial charge in [-0.05, 0) is 25.8 Å². The Balaban J connectivity index is 2.03. The van der Waals surface area contributed by atoms with Gasteiger partial charge in [0, 0.05) is 22.4 Å². The van der Waals surface area contributed by atoms with Crippen molar-refractivity contribution in [2.45, 2.75) is 32.0 Å². The van der Waals surface area contributed by atoms with Crippen LogP contribution >= 0.6 is 11.3 Å². The molecule has 0 amide bonds. The molecule has 2 rings (SSSR count). The highest BCUT2D eigenvalue weighted by molar-refractivity contribution is 7.10. The Morgan fingerprint density at radius 3 is 3.00 bits per heavy atom. The van der Waals surface area contributed by atoms with E-state index in [1.807, 2.05) is 18.4 Å². The molecule has 1 aromatic heterocycles. The number of thiophene rings is 1. The molecule has 0 aliphatic carbocycles. The van der Waals surface area contributed by atoms with Gasteiger partial charge in [0.2, 0.25) is 0 Å². The third-order valence-corrected chi connectivity index (χ3v) is 3.54. The molecule has 0 saturated carbocycles. The van der Waals surface area contributed by atoms with Gasteiger partial charge in [0.15, 0.2) is 5.78 Å². The predicted molar refractivity (Wildman–Crippen MR) is 60.3 cm³/mol. The molecule has 82 valence electrons. The third kappa shape index (κ3) is 2.27. The maximum absolute atomic E-state index is 12.0. The van der Waals surface area contributed by atoms with Gasteiger partial charge in [0.05, 0.1) is 6.10 Å². The number of aryl methyl sites for hydroxylation is 1. The predicted octanol–water partition coefficient (Wildman–Crippen LogP) is 1.75. The Morgan fingerprint density at radius 1 is 1.67 bits per heavy atom. The molecule has 0 bridgehead atoms. The Hall–Kier alpha value is -0.710. The van der Waals surface area contributed by atoms with Gasteiger partial charge in [-0.3, -0.25) is 4.79 Å². The summed E-state index contributed by atoms with van der Waals surface area (Å²) >= 11 is 1.60. The van der Waals surface area contributed by atoms with Crippen LogP contribution in [0.1, 0.15) is 28.1 Å². The fraction of sp³-hybridized carbons (Fsp3) is 0.545. The minimum absolute atomic E-state index is 0.0682. The van der Waals surface area contributed by atoms with Crippen molar-refractivity contribution in [2.24, 2.45) is 5.73 Å². The fourth-order valence-electron chi connectivity index (χ4n) is 1.83. The first-order valence-corrected chi connectivity index (χ1v) is 6.03. The van der Waals surface area contributed by atoms with Crippen molar-refractivity contribution in [3.8, 4) is 0 Å². The summed E-state index contributed by atoms with van der Waals surface area (Å²) in [5.74, 6) is 0.107. The van der Waals surface area contributed by atoms with Crippen LogP contribution in [-0.4, -0.2) is 24.5 Å². The van der Waals surface area contributed by atoms with Crippen LogP contribution in [0.25, 0.3) is 0 Å². The van der Waals surface area contributed by atoms with Crippen molar-refractivity contribution < 1.29 is 9.53 Å². The number of rotatable bonds is 3. The second-order valence-electron chi connectivity index (χ2n) is 3.87. The molecule has 0 aromatic carbocycles. The second-order valence-corrected chi connectivity index (χ2v) is 4.99. The highest BCUT2D eigenvalue weighted by Gasteiger charge is 2.30. The number of carbonyl (C=O) groups excluding carboxylic acids is 1. The van der Waals surface area contributed by atoms with Gasteiger partial charge in [0.1, 0.15) is 6.10 Å². The fourth-order valence-corrected chi connectivity index (χ4v) is 2.52. The van der Waals surface area contributed by atoms with E-state index in [1.54, 1.807) is 11.3 Å². The van der Waals surface area contributed by atoms with Gasteiger partial charge < -0.3 is 10.5 Å². The molecule has 1 saturated heterocycles. The van der Waals surface area contributed by atoms with E-state index in [2.05, 4.69) is 0 Å². The molecular formula is C11H15NO2S. The number of ether oxygens (including phenoxy) is 1. The summed E-state index contributed by atoms with van der Waals surface area (Å²) < 4.78 is 5.57. The minimum Gasteiger partial charge on any atom is -0.366 e. The van der Waals surface area contributed by atoms with Crippen LogP contribution in [0.15, 0.2) is 11.4 Å². The monoisotopic (exact) mass is 225 g/mol. The number of nitrogens with two attached hydrogens (primary N) is 1. The number of Topliss-reactive ketones (excluding diaryl/α,β-unsaturated/α-hetero) is 1. The van der Waals surface area contributed by atoms with Crippen LogP contribution in [-0.2, 0) is 4.74 Å². The maximum Gasteiger partial charge on any atom is 0.192 e. The minimum atomic E-state index is -0.271. The van der Waals surface area contributed by atoms with Crippen molar-refractivity contribution in [1.29, 1.82) is 0 Å². The van der Waals surface area contributed by atoms with Crippen LogP contribution in [0, 0.1) is 6.92 Å². The largest absolute Gasteiger partial charge is 0.366 e. The van der Waals surface area contributed by atoms with Gasteiger partial charge in [-0.15, -0.1) is 11.3 Å². The number of hydrogen-bond acceptors (Lipinski definition) is 4. The molecule has 4 heteroatoms. The van der Waals surface area contributed by atoms with Gasteiger partial charge in [-0.25, -0.2) is 0 Å². The van der Waals surface area contributed by atoms with Crippen LogP contribution < -0.4 is 5.73 Å². The molecule has 0 radical (unpaired) electrons. The van der Waals surface area contributed by atoms with Crippen molar-refractivity contribution in [1.82, 2.24) is 0 Å². The number of carbonyl (C=O) groups is 1. The average Bonchev–Trinajstić information content (AvgIpc) is 2.84. The van der Waals surface area contributed by atoms with Crippen molar-refractivity contribution >= 4 is 17.1 Å². The van der Waals surface area contributed by atoms with E-state index >= 15 is 0 Å². The smallest absolute Gasteiger partial charge is 0.192 e. The molecular weight excluding hydrogens is 210 g/mol. The summed E-state index contributed by atoms with van der Waals surface area (Å²) in [5.41, 5.74) is 6.28. The Kier molecular flexibility index (Phi) is 3.19. The van der Waals surface area contributed by atoms with E-state index < -0.39 is 0 Å². The van der Waals surface area contributed by atoms with Crippen LogP contribution in [0.5, 0.6) is 0 Å². The first-order chi connectivity index (χ1) is 7.20. The quantitative estimate of drug-likeness (QED) is 0.797. The van der Waals surface area contributed by atoms with Crippen molar-refractivity contribution in [3.63, 3.8) is 0 Å². The molecule has 1 aliphatic rings. The molecule has 1 aliphatic heterocycles. The molecule has 1 aromatic rings. The SMILES string of the molecule is Cc1cc(C(=O)C2CCC(CN)O2)cs1. The van der Waals surface area contributed by atoms with Crippen molar-refractivity contribution in [3.05, 3.63) is 21.9 Å². The lowest BCUT2D eigenvalue weighted by molar-refractivity contribution is 0.0404.